The van der Waals surface area contributed by atoms with Crippen molar-refractivity contribution in [3.63, 3.8) is 0 Å². The van der Waals surface area contributed by atoms with Gasteiger partial charge >= 0.3 is 0 Å². The lowest BCUT2D eigenvalue weighted by atomic mass is 9.61. The molecule has 1 atom stereocenters. The number of ketones is 1. The molecule has 1 heteroatoms. The maximum Gasteiger partial charge on any atom is 0.136 e. The molecule has 2 aliphatic carbocycles. The van der Waals surface area contributed by atoms with E-state index in [4.69, 9.17) is 0 Å². The molecule has 0 radical (unpaired) electrons. The van der Waals surface area contributed by atoms with Crippen LogP contribution >= 0.6 is 0 Å². The van der Waals surface area contributed by atoms with E-state index in [1.165, 1.54) is 19.3 Å². The van der Waals surface area contributed by atoms with Crippen molar-refractivity contribution in [1.29, 1.82) is 0 Å². The molecule has 0 bridgehead atoms. The molecule has 0 unspecified atom stereocenters. The van der Waals surface area contributed by atoms with Crippen molar-refractivity contribution in [2.45, 2.75) is 66.2 Å². The van der Waals surface area contributed by atoms with E-state index in [-0.39, 0.29) is 5.41 Å². The largest absolute Gasteiger partial charge is 0.299 e. The first-order valence-corrected chi connectivity index (χ1v) is 6.58. The predicted molar refractivity (Wildman–Crippen MR) is 67.3 cm³/mol. The van der Waals surface area contributed by atoms with E-state index in [1.54, 1.807) is 18.1 Å². The van der Waals surface area contributed by atoms with Gasteiger partial charge in [-0.05, 0) is 50.9 Å². The summed E-state index contributed by atoms with van der Waals surface area (Å²) in [6, 6.07) is 0. The van der Waals surface area contributed by atoms with Crippen molar-refractivity contribution in [3.8, 4) is 0 Å². The fraction of sp³-hybridized carbons (Fsp3) is 0.800. The summed E-state index contributed by atoms with van der Waals surface area (Å²) in [7, 11) is 0. The fourth-order valence-corrected chi connectivity index (χ4v) is 3.37. The molecular weight excluding hydrogens is 196 g/mol. The molecule has 0 heterocycles. The van der Waals surface area contributed by atoms with E-state index in [9.17, 15) is 4.79 Å². The molecule has 0 saturated heterocycles. The Morgan fingerprint density at radius 2 is 1.81 bits per heavy atom. The monoisotopic (exact) mass is 220 g/mol. The average molecular weight is 220 g/mol. The lowest BCUT2D eigenvalue weighted by Crippen LogP contribution is -2.35. The summed E-state index contributed by atoms with van der Waals surface area (Å²) in [5.74, 6) is 0.375. The van der Waals surface area contributed by atoms with Crippen molar-refractivity contribution in [2.75, 3.05) is 0 Å². The zero-order chi connectivity index (χ0) is 12.0. The molecule has 0 amide bonds. The number of carbonyl (C=O) groups excluding carboxylic acids is 1. The Labute approximate surface area is 99.3 Å². The second kappa shape index (κ2) is 3.72. The van der Waals surface area contributed by atoms with Gasteiger partial charge in [0.05, 0.1) is 0 Å². The van der Waals surface area contributed by atoms with Crippen LogP contribution in [0, 0.1) is 10.8 Å². The highest BCUT2D eigenvalue weighted by atomic mass is 16.1. The smallest absolute Gasteiger partial charge is 0.136 e. The molecule has 2 rings (SSSR count). The second-order valence-electron chi connectivity index (χ2n) is 6.61. The minimum absolute atomic E-state index is 0.0759. The zero-order valence-electron chi connectivity index (χ0n) is 11.2. The first kappa shape index (κ1) is 11.9. The highest BCUT2D eigenvalue weighted by Crippen LogP contribution is 2.51. The first-order chi connectivity index (χ1) is 7.35. The maximum atomic E-state index is 11.8. The standard InChI is InChI=1S/C15H24O/c1-11(16)15(4)9-7-12-6-5-8-14(2,3)13(12)10-15/h5-10H2,1-4H3/t15-/m0/s1. The SMILES string of the molecule is CC(=O)[C@@]1(C)CCC2=C(C1)C(C)(C)CCC2. The van der Waals surface area contributed by atoms with Crippen LogP contribution in [-0.2, 0) is 4.79 Å². The lowest BCUT2D eigenvalue weighted by Gasteiger charge is -2.44. The van der Waals surface area contributed by atoms with E-state index in [0.717, 1.165) is 19.3 Å². The van der Waals surface area contributed by atoms with Crippen LogP contribution in [0.3, 0.4) is 0 Å². The minimum Gasteiger partial charge on any atom is -0.299 e. The van der Waals surface area contributed by atoms with E-state index in [2.05, 4.69) is 20.8 Å². The Bertz CT molecular complexity index is 348. The van der Waals surface area contributed by atoms with Crippen LogP contribution in [0.4, 0.5) is 0 Å². The molecule has 0 fully saturated rings. The Kier molecular flexibility index (Phi) is 2.76. The molecule has 90 valence electrons. The summed E-state index contributed by atoms with van der Waals surface area (Å²) >= 11 is 0. The van der Waals surface area contributed by atoms with Crippen LogP contribution in [0.25, 0.3) is 0 Å². The highest BCUT2D eigenvalue weighted by molar-refractivity contribution is 5.82. The number of hydrogen-bond donors (Lipinski definition) is 0. The number of hydrogen-bond acceptors (Lipinski definition) is 1. The van der Waals surface area contributed by atoms with Crippen molar-refractivity contribution < 1.29 is 4.79 Å². The Morgan fingerprint density at radius 3 is 2.44 bits per heavy atom. The van der Waals surface area contributed by atoms with Gasteiger partial charge in [0.15, 0.2) is 0 Å². The molecule has 0 aromatic carbocycles. The van der Waals surface area contributed by atoms with Gasteiger partial charge in [0, 0.05) is 5.41 Å². The van der Waals surface area contributed by atoms with Gasteiger partial charge in [-0.3, -0.25) is 4.79 Å². The predicted octanol–water partition coefficient (Wildman–Crippen LogP) is 4.27. The molecule has 0 aliphatic heterocycles. The van der Waals surface area contributed by atoms with Gasteiger partial charge in [-0.15, -0.1) is 0 Å². The van der Waals surface area contributed by atoms with E-state index in [0.29, 0.717) is 11.2 Å². The molecule has 16 heavy (non-hydrogen) atoms. The average Bonchev–Trinajstić information content (AvgIpc) is 2.19. The van der Waals surface area contributed by atoms with Crippen molar-refractivity contribution in [2.24, 2.45) is 10.8 Å². The summed E-state index contributed by atoms with van der Waals surface area (Å²) in [6.07, 6.45) is 7.16. The topological polar surface area (TPSA) is 17.1 Å². The first-order valence-electron chi connectivity index (χ1n) is 6.58. The van der Waals surface area contributed by atoms with Crippen LogP contribution in [0.5, 0.6) is 0 Å². The Balaban J connectivity index is 2.33. The minimum atomic E-state index is -0.0759. The normalized spacial score (nSPS) is 33.5. The number of Topliss-reactive ketones (excluding diaryl/α,β-unsaturated/α-hetero) is 1. The summed E-state index contributed by atoms with van der Waals surface area (Å²) in [5, 5.41) is 0. The van der Waals surface area contributed by atoms with Gasteiger partial charge in [-0.1, -0.05) is 31.9 Å². The molecular formula is C15H24O. The lowest BCUT2D eigenvalue weighted by molar-refractivity contribution is -0.126. The molecule has 0 spiro atoms. The fourth-order valence-electron chi connectivity index (χ4n) is 3.37. The number of allylic oxidation sites excluding steroid dienone is 2. The summed E-state index contributed by atoms with van der Waals surface area (Å²) in [5.41, 5.74) is 3.55. The van der Waals surface area contributed by atoms with Crippen molar-refractivity contribution >= 4 is 5.78 Å². The summed E-state index contributed by atoms with van der Waals surface area (Å²) < 4.78 is 0. The third kappa shape index (κ3) is 1.85. The molecule has 0 aromatic rings. The Hall–Kier alpha value is -0.590. The van der Waals surface area contributed by atoms with Gasteiger partial charge in [0.1, 0.15) is 5.78 Å². The maximum absolute atomic E-state index is 11.8. The van der Waals surface area contributed by atoms with Crippen molar-refractivity contribution in [1.82, 2.24) is 0 Å². The zero-order valence-corrected chi connectivity index (χ0v) is 11.2. The second-order valence-corrected chi connectivity index (χ2v) is 6.61. The molecule has 0 N–H and O–H groups in total. The van der Waals surface area contributed by atoms with Gasteiger partial charge in [-0.2, -0.15) is 0 Å². The van der Waals surface area contributed by atoms with Crippen LogP contribution in [0.2, 0.25) is 0 Å². The van der Waals surface area contributed by atoms with Gasteiger partial charge in [0.25, 0.3) is 0 Å². The third-order valence-corrected chi connectivity index (χ3v) is 4.92. The van der Waals surface area contributed by atoms with Crippen LogP contribution < -0.4 is 0 Å². The van der Waals surface area contributed by atoms with Crippen LogP contribution in [-0.4, -0.2) is 5.78 Å². The van der Waals surface area contributed by atoms with E-state index >= 15 is 0 Å². The molecule has 2 aliphatic rings. The van der Waals surface area contributed by atoms with Crippen LogP contribution in [0.1, 0.15) is 66.2 Å². The number of carbonyl (C=O) groups is 1. The summed E-state index contributed by atoms with van der Waals surface area (Å²) in [4.78, 5) is 11.8. The van der Waals surface area contributed by atoms with Gasteiger partial charge < -0.3 is 0 Å². The Morgan fingerprint density at radius 1 is 1.12 bits per heavy atom. The molecule has 0 saturated carbocycles. The third-order valence-electron chi connectivity index (χ3n) is 4.92. The van der Waals surface area contributed by atoms with Crippen molar-refractivity contribution in [3.05, 3.63) is 11.1 Å². The highest BCUT2D eigenvalue weighted by Gasteiger charge is 2.41. The van der Waals surface area contributed by atoms with Crippen LogP contribution in [0.15, 0.2) is 11.1 Å². The van der Waals surface area contributed by atoms with Gasteiger partial charge in [0.2, 0.25) is 0 Å². The van der Waals surface area contributed by atoms with E-state index in [1.807, 2.05) is 0 Å². The molecule has 0 aromatic heterocycles. The molecule has 1 nitrogen and oxygen atoms in total. The van der Waals surface area contributed by atoms with Gasteiger partial charge in [-0.25, -0.2) is 0 Å². The number of rotatable bonds is 1. The summed E-state index contributed by atoms with van der Waals surface area (Å²) in [6.45, 7) is 8.63. The van der Waals surface area contributed by atoms with E-state index < -0.39 is 0 Å². The quantitative estimate of drug-likeness (QED) is 0.603.